The third-order valence-corrected chi connectivity index (χ3v) is 7.30. The quantitative estimate of drug-likeness (QED) is 0.413. The molecule has 9 nitrogen and oxygen atoms in total. The van der Waals surface area contributed by atoms with Crippen molar-refractivity contribution in [3.8, 4) is 11.1 Å². The summed E-state index contributed by atoms with van der Waals surface area (Å²) < 4.78 is 8.30. The summed E-state index contributed by atoms with van der Waals surface area (Å²) in [5.41, 5.74) is 5.71. The molecule has 1 saturated heterocycles. The number of H-pyrrole nitrogens is 1. The smallest absolute Gasteiger partial charge is 0.298 e. The topological polar surface area (TPSA) is 105 Å². The van der Waals surface area contributed by atoms with E-state index >= 15 is 0 Å². The van der Waals surface area contributed by atoms with E-state index in [4.69, 9.17) is 9.40 Å². The van der Waals surface area contributed by atoms with Crippen molar-refractivity contribution in [3.63, 3.8) is 0 Å². The molecular weight excluding hydrogens is 442 g/mol. The van der Waals surface area contributed by atoms with E-state index in [9.17, 15) is 4.79 Å². The molecular formula is C26H27N7O2. The Kier molecular flexibility index (Phi) is 4.36. The van der Waals surface area contributed by atoms with E-state index < -0.39 is 0 Å². The fraction of sp³-hybridized carbons (Fsp3) is 0.385. The van der Waals surface area contributed by atoms with Gasteiger partial charge in [-0.1, -0.05) is 6.07 Å². The van der Waals surface area contributed by atoms with Crippen molar-refractivity contribution in [2.75, 3.05) is 18.0 Å². The van der Waals surface area contributed by atoms with E-state index in [0.29, 0.717) is 29.2 Å². The first-order valence-corrected chi connectivity index (χ1v) is 12.3. The van der Waals surface area contributed by atoms with Gasteiger partial charge in [0.15, 0.2) is 16.7 Å². The van der Waals surface area contributed by atoms with E-state index in [0.717, 1.165) is 64.6 Å². The number of nitrogens with one attached hydrogen (secondary N) is 2. The predicted octanol–water partition coefficient (Wildman–Crippen LogP) is 3.91. The largest absolute Gasteiger partial charge is 0.422 e. The Labute approximate surface area is 201 Å². The zero-order chi connectivity index (χ0) is 23.8. The van der Waals surface area contributed by atoms with Crippen LogP contribution in [0.4, 0.5) is 6.01 Å². The van der Waals surface area contributed by atoms with Crippen LogP contribution in [0, 0.1) is 6.92 Å². The highest BCUT2D eigenvalue weighted by Crippen LogP contribution is 2.41. The standard InChI is InChI=1S/C26H27N7O2/c1-13-11-32(12-14(2)29-13)26-30-21-23(35-26)20-7-6-19(16-8-17-10-28-31-24(17)27-9-16)15(3)22(20)33(25(21)34)18-4-5-18/h6-10,13-14,18,29H,4-5,11-12H2,1-3H3,(H,27,28,31)/t13-,14+. The third-order valence-electron chi connectivity index (χ3n) is 7.30. The van der Waals surface area contributed by atoms with E-state index in [1.54, 1.807) is 6.20 Å². The number of hydrogen-bond donors (Lipinski definition) is 2. The van der Waals surface area contributed by atoms with Gasteiger partial charge in [-0.15, -0.1) is 0 Å². The summed E-state index contributed by atoms with van der Waals surface area (Å²) in [6, 6.07) is 7.62. The summed E-state index contributed by atoms with van der Waals surface area (Å²) in [6.45, 7) is 7.97. The number of aryl methyl sites for hydroxylation is 1. The number of hydrogen-bond acceptors (Lipinski definition) is 7. The SMILES string of the molecule is Cc1c(-c2cnc3[nH]ncc3c2)ccc2c3oc(N4C[C@@H](C)N[C@@H](C)C4)nc3c(=O)n(C3CC3)c12. The highest BCUT2D eigenvalue weighted by molar-refractivity contribution is 6.04. The summed E-state index contributed by atoms with van der Waals surface area (Å²) in [7, 11) is 0. The lowest BCUT2D eigenvalue weighted by atomic mass is 9.97. The molecule has 178 valence electrons. The Morgan fingerprint density at radius 1 is 1.11 bits per heavy atom. The Morgan fingerprint density at radius 3 is 2.69 bits per heavy atom. The van der Waals surface area contributed by atoms with E-state index in [1.165, 1.54) is 0 Å². The van der Waals surface area contributed by atoms with Crippen LogP contribution in [0.5, 0.6) is 0 Å². The van der Waals surface area contributed by atoms with Gasteiger partial charge < -0.3 is 19.2 Å². The monoisotopic (exact) mass is 469 g/mol. The van der Waals surface area contributed by atoms with Gasteiger partial charge in [-0.3, -0.25) is 9.89 Å². The third kappa shape index (κ3) is 3.18. The minimum atomic E-state index is -0.0649. The molecule has 1 saturated carbocycles. The van der Waals surface area contributed by atoms with Gasteiger partial charge in [0.05, 0.1) is 11.7 Å². The van der Waals surface area contributed by atoms with Crippen molar-refractivity contribution in [2.45, 2.75) is 51.7 Å². The molecule has 0 radical (unpaired) electrons. The van der Waals surface area contributed by atoms with Crippen molar-refractivity contribution < 1.29 is 4.42 Å². The second-order valence-corrected chi connectivity index (χ2v) is 10.1. The number of piperazine rings is 1. The van der Waals surface area contributed by atoms with Gasteiger partial charge in [-0.25, -0.2) is 4.98 Å². The van der Waals surface area contributed by atoms with Gasteiger partial charge >= 0.3 is 0 Å². The van der Waals surface area contributed by atoms with Gasteiger partial charge in [-0.2, -0.15) is 10.1 Å². The van der Waals surface area contributed by atoms with Crippen molar-refractivity contribution in [2.24, 2.45) is 0 Å². The molecule has 35 heavy (non-hydrogen) atoms. The van der Waals surface area contributed by atoms with Gasteiger partial charge in [-0.05, 0) is 56.9 Å². The van der Waals surface area contributed by atoms with Crippen LogP contribution in [0.15, 0.2) is 39.8 Å². The number of nitrogens with zero attached hydrogens (tertiary/aromatic N) is 5. The maximum atomic E-state index is 13.8. The first-order chi connectivity index (χ1) is 17.0. The predicted molar refractivity (Wildman–Crippen MR) is 136 cm³/mol. The first-order valence-electron chi connectivity index (χ1n) is 12.3. The lowest BCUT2D eigenvalue weighted by molar-refractivity contribution is 0.389. The minimum Gasteiger partial charge on any atom is -0.422 e. The minimum absolute atomic E-state index is 0.0649. The zero-order valence-corrected chi connectivity index (χ0v) is 20.0. The summed E-state index contributed by atoms with van der Waals surface area (Å²) >= 11 is 0. The molecule has 4 aromatic heterocycles. The molecule has 0 amide bonds. The Bertz CT molecular complexity index is 1670. The summed E-state index contributed by atoms with van der Waals surface area (Å²) in [6.07, 6.45) is 5.64. The molecule has 5 heterocycles. The molecule has 1 aromatic carbocycles. The van der Waals surface area contributed by atoms with E-state index in [2.05, 4.69) is 64.4 Å². The molecule has 0 unspecified atom stereocenters. The van der Waals surface area contributed by atoms with Gasteiger partial charge in [0.1, 0.15) is 0 Å². The zero-order valence-electron chi connectivity index (χ0n) is 20.0. The van der Waals surface area contributed by atoms with Crippen LogP contribution in [0.3, 0.4) is 0 Å². The van der Waals surface area contributed by atoms with Crippen LogP contribution in [0.25, 0.3) is 44.2 Å². The van der Waals surface area contributed by atoms with Crippen molar-refractivity contribution in [1.82, 2.24) is 30.0 Å². The number of anilines is 1. The maximum Gasteiger partial charge on any atom is 0.298 e. The Hall–Kier alpha value is -3.72. The molecule has 0 spiro atoms. The summed E-state index contributed by atoms with van der Waals surface area (Å²) in [5.74, 6) is 0. The molecule has 2 atom stereocenters. The second-order valence-electron chi connectivity index (χ2n) is 10.1. The van der Waals surface area contributed by atoms with Crippen LogP contribution in [-0.2, 0) is 0 Å². The van der Waals surface area contributed by atoms with E-state index in [1.807, 2.05) is 10.8 Å². The fourth-order valence-electron chi connectivity index (χ4n) is 5.64. The van der Waals surface area contributed by atoms with Crippen molar-refractivity contribution in [1.29, 1.82) is 0 Å². The normalized spacial score (nSPS) is 20.9. The Balaban J connectivity index is 1.46. The average molecular weight is 470 g/mol. The van der Waals surface area contributed by atoms with Crippen LogP contribution in [0.1, 0.15) is 38.3 Å². The number of oxazole rings is 1. The summed E-state index contributed by atoms with van der Waals surface area (Å²) in [5, 5.41) is 12.4. The van der Waals surface area contributed by atoms with E-state index in [-0.39, 0.29) is 11.6 Å². The maximum absolute atomic E-state index is 13.8. The van der Waals surface area contributed by atoms with Crippen LogP contribution >= 0.6 is 0 Å². The van der Waals surface area contributed by atoms with Crippen molar-refractivity contribution in [3.05, 3.63) is 46.5 Å². The molecule has 2 N–H and O–H groups in total. The lowest BCUT2D eigenvalue weighted by Crippen LogP contribution is -2.54. The van der Waals surface area contributed by atoms with Crippen LogP contribution < -0.4 is 15.8 Å². The lowest BCUT2D eigenvalue weighted by Gasteiger charge is -2.35. The highest BCUT2D eigenvalue weighted by atomic mass is 16.4. The first kappa shape index (κ1) is 20.6. The van der Waals surface area contributed by atoms with Gasteiger partial charge in [0.2, 0.25) is 0 Å². The number of fused-ring (bicyclic) bond motifs is 4. The molecule has 5 aromatic rings. The van der Waals surface area contributed by atoms with Crippen LogP contribution in [0.2, 0.25) is 0 Å². The number of rotatable bonds is 3. The molecule has 0 bridgehead atoms. The fourth-order valence-corrected chi connectivity index (χ4v) is 5.64. The molecule has 1 aliphatic carbocycles. The van der Waals surface area contributed by atoms with Gasteiger partial charge in [0, 0.05) is 53.7 Å². The average Bonchev–Trinajstić information content (AvgIpc) is 3.37. The molecule has 2 fully saturated rings. The van der Waals surface area contributed by atoms with Crippen LogP contribution in [-0.4, -0.2) is 49.9 Å². The molecule has 7 rings (SSSR count). The highest BCUT2D eigenvalue weighted by Gasteiger charge is 2.31. The number of aromatic nitrogens is 5. The number of benzene rings is 1. The number of aromatic amines is 1. The number of pyridine rings is 2. The summed E-state index contributed by atoms with van der Waals surface area (Å²) in [4.78, 5) is 25.2. The Morgan fingerprint density at radius 2 is 1.91 bits per heavy atom. The molecule has 2 aliphatic rings. The van der Waals surface area contributed by atoms with Crippen molar-refractivity contribution >= 4 is 39.1 Å². The molecule has 9 heteroatoms. The van der Waals surface area contributed by atoms with Gasteiger partial charge in [0.25, 0.3) is 11.6 Å². The second kappa shape index (κ2) is 7.39. The molecule has 1 aliphatic heterocycles.